The summed E-state index contributed by atoms with van der Waals surface area (Å²) in [5, 5.41) is 6.04. The molecule has 24 heavy (non-hydrogen) atoms. The number of benzene rings is 2. The van der Waals surface area contributed by atoms with Crippen molar-refractivity contribution in [2.45, 2.75) is 13.8 Å². The molecule has 6 heteroatoms. The van der Waals surface area contributed by atoms with Crippen LogP contribution in [0.1, 0.15) is 12.5 Å². The van der Waals surface area contributed by atoms with E-state index in [1.165, 1.54) is 0 Å². The van der Waals surface area contributed by atoms with Crippen LogP contribution in [0.25, 0.3) is 0 Å². The molecule has 0 spiro atoms. The Hall–Kier alpha value is -2.40. The van der Waals surface area contributed by atoms with Gasteiger partial charge < -0.3 is 20.1 Å². The molecule has 2 amide bonds. The monoisotopic (exact) mass is 348 g/mol. The molecule has 0 aliphatic rings. The lowest BCUT2D eigenvalue weighted by atomic mass is 10.2. The van der Waals surface area contributed by atoms with Crippen molar-refractivity contribution in [1.82, 2.24) is 5.32 Å². The molecular formula is C18H21ClN2O3. The minimum atomic E-state index is -0.318. The summed E-state index contributed by atoms with van der Waals surface area (Å²) in [4.78, 5) is 11.9. The molecule has 0 fully saturated rings. The molecule has 2 aromatic rings. The highest BCUT2D eigenvalue weighted by Gasteiger charge is 2.07. The molecule has 0 aromatic heterocycles. The van der Waals surface area contributed by atoms with E-state index in [2.05, 4.69) is 10.6 Å². The Balaban J connectivity index is 1.78. The van der Waals surface area contributed by atoms with Crippen LogP contribution in [0.5, 0.6) is 11.5 Å². The number of aryl methyl sites for hydroxylation is 1. The number of ether oxygens (including phenoxy) is 2. The molecule has 0 bridgehead atoms. The number of carbonyl (C=O) groups is 1. The summed E-state index contributed by atoms with van der Waals surface area (Å²) in [6.45, 7) is 5.07. The molecule has 0 atom stereocenters. The van der Waals surface area contributed by atoms with Gasteiger partial charge in [0.15, 0.2) is 0 Å². The molecule has 128 valence electrons. The quantitative estimate of drug-likeness (QED) is 0.735. The Morgan fingerprint density at radius 1 is 1.12 bits per heavy atom. The van der Waals surface area contributed by atoms with Crippen LogP contribution in [0.2, 0.25) is 5.02 Å². The van der Waals surface area contributed by atoms with E-state index in [-0.39, 0.29) is 6.03 Å². The fraction of sp³-hybridized carbons (Fsp3) is 0.278. The van der Waals surface area contributed by atoms with E-state index < -0.39 is 0 Å². The zero-order chi connectivity index (χ0) is 17.4. The summed E-state index contributed by atoms with van der Waals surface area (Å²) in [5.41, 5.74) is 1.69. The summed E-state index contributed by atoms with van der Waals surface area (Å²) >= 11 is 6.05. The number of carbonyl (C=O) groups excluding carboxylic acids is 1. The van der Waals surface area contributed by atoms with E-state index in [9.17, 15) is 4.79 Å². The van der Waals surface area contributed by atoms with E-state index in [4.69, 9.17) is 21.1 Å². The van der Waals surface area contributed by atoms with Gasteiger partial charge in [0, 0.05) is 0 Å². The Labute approximate surface area is 146 Å². The van der Waals surface area contributed by atoms with E-state index in [0.717, 1.165) is 5.56 Å². The fourth-order valence-corrected chi connectivity index (χ4v) is 2.24. The number of hydrogen-bond acceptors (Lipinski definition) is 3. The number of halogens is 1. The first kappa shape index (κ1) is 17.9. The Kier molecular flexibility index (Phi) is 6.75. The minimum absolute atomic E-state index is 0.318. The van der Waals surface area contributed by atoms with Crippen LogP contribution in [0, 0.1) is 6.92 Å². The van der Waals surface area contributed by atoms with Gasteiger partial charge in [-0.2, -0.15) is 0 Å². The zero-order valence-electron chi connectivity index (χ0n) is 13.8. The summed E-state index contributed by atoms with van der Waals surface area (Å²) in [7, 11) is 0. The highest BCUT2D eigenvalue weighted by molar-refractivity contribution is 6.32. The van der Waals surface area contributed by atoms with Crippen molar-refractivity contribution in [3.63, 3.8) is 0 Å². The number of para-hydroxylation sites is 2. The topological polar surface area (TPSA) is 59.6 Å². The van der Waals surface area contributed by atoms with Crippen molar-refractivity contribution in [1.29, 1.82) is 0 Å². The van der Waals surface area contributed by atoms with Crippen molar-refractivity contribution < 1.29 is 14.3 Å². The molecule has 0 unspecified atom stereocenters. The summed E-state index contributed by atoms with van der Waals surface area (Å²) < 4.78 is 11.0. The van der Waals surface area contributed by atoms with Crippen LogP contribution in [0.4, 0.5) is 10.5 Å². The first-order valence-electron chi connectivity index (χ1n) is 7.75. The highest BCUT2D eigenvalue weighted by atomic mass is 35.5. The molecule has 0 radical (unpaired) electrons. The largest absolute Gasteiger partial charge is 0.492 e. The second kappa shape index (κ2) is 9.03. The van der Waals surface area contributed by atoms with Crippen molar-refractivity contribution >= 4 is 23.3 Å². The molecule has 0 aliphatic heterocycles. The normalized spacial score (nSPS) is 10.1. The van der Waals surface area contributed by atoms with Crippen molar-refractivity contribution in [3.8, 4) is 11.5 Å². The maximum atomic E-state index is 11.9. The van der Waals surface area contributed by atoms with E-state index in [1.54, 1.807) is 12.1 Å². The Morgan fingerprint density at radius 3 is 2.71 bits per heavy atom. The number of urea groups is 1. The van der Waals surface area contributed by atoms with Crippen LogP contribution in [-0.4, -0.2) is 25.8 Å². The molecule has 0 saturated carbocycles. The van der Waals surface area contributed by atoms with Crippen LogP contribution in [-0.2, 0) is 0 Å². The van der Waals surface area contributed by atoms with E-state index in [0.29, 0.717) is 42.0 Å². The molecular weight excluding hydrogens is 328 g/mol. The lowest BCUT2D eigenvalue weighted by molar-refractivity contribution is 0.247. The van der Waals surface area contributed by atoms with Gasteiger partial charge in [0.1, 0.15) is 18.1 Å². The average molecular weight is 349 g/mol. The predicted octanol–water partition coefficient (Wildman–Crippen LogP) is 4.25. The fourth-order valence-electron chi connectivity index (χ4n) is 2.06. The van der Waals surface area contributed by atoms with Crippen molar-refractivity contribution in [3.05, 3.63) is 53.1 Å². The van der Waals surface area contributed by atoms with Crippen molar-refractivity contribution in [2.75, 3.05) is 25.1 Å². The summed E-state index contributed by atoms with van der Waals surface area (Å²) in [5.74, 6) is 1.25. The first-order valence-corrected chi connectivity index (χ1v) is 8.13. The predicted molar refractivity (Wildman–Crippen MR) is 96.3 cm³/mol. The first-order chi connectivity index (χ1) is 11.6. The Bertz CT molecular complexity index is 692. The van der Waals surface area contributed by atoms with Gasteiger partial charge >= 0.3 is 6.03 Å². The molecule has 5 nitrogen and oxygen atoms in total. The van der Waals surface area contributed by atoms with Crippen molar-refractivity contribution in [2.24, 2.45) is 0 Å². The number of anilines is 1. The highest BCUT2D eigenvalue weighted by Crippen LogP contribution is 2.25. The molecule has 2 N–H and O–H groups in total. The second-order valence-corrected chi connectivity index (χ2v) is 5.50. The van der Waals surface area contributed by atoms with Gasteiger partial charge in [-0.05, 0) is 43.7 Å². The SMILES string of the molecule is CCOc1ccccc1NC(=O)NCCOc1cc(C)ccc1Cl. The van der Waals surface area contributed by atoms with Crippen LogP contribution < -0.4 is 20.1 Å². The lowest BCUT2D eigenvalue weighted by Crippen LogP contribution is -2.32. The number of hydrogen-bond donors (Lipinski definition) is 2. The summed E-state index contributed by atoms with van der Waals surface area (Å²) in [6, 6.07) is 12.5. The smallest absolute Gasteiger partial charge is 0.319 e. The molecule has 0 heterocycles. The third-order valence-electron chi connectivity index (χ3n) is 3.17. The van der Waals surface area contributed by atoms with Gasteiger partial charge in [-0.1, -0.05) is 29.8 Å². The standard InChI is InChI=1S/C18H21ClN2O3/c1-3-23-16-7-5-4-6-15(16)21-18(22)20-10-11-24-17-12-13(2)8-9-14(17)19/h4-9,12H,3,10-11H2,1-2H3,(H2,20,21,22). The zero-order valence-corrected chi connectivity index (χ0v) is 14.5. The third-order valence-corrected chi connectivity index (χ3v) is 3.48. The van der Waals surface area contributed by atoms with E-state index in [1.807, 2.05) is 44.2 Å². The number of rotatable bonds is 7. The molecule has 2 rings (SSSR count). The molecule has 0 aliphatic carbocycles. The van der Waals surface area contributed by atoms with Crippen LogP contribution in [0.15, 0.2) is 42.5 Å². The van der Waals surface area contributed by atoms with Gasteiger partial charge in [-0.3, -0.25) is 0 Å². The number of nitrogens with one attached hydrogen (secondary N) is 2. The van der Waals surface area contributed by atoms with Gasteiger partial charge in [-0.15, -0.1) is 0 Å². The third kappa shape index (κ3) is 5.35. The Morgan fingerprint density at radius 2 is 1.92 bits per heavy atom. The van der Waals surface area contributed by atoms with Gasteiger partial charge in [0.05, 0.1) is 23.9 Å². The van der Waals surface area contributed by atoms with Crippen LogP contribution >= 0.6 is 11.6 Å². The van der Waals surface area contributed by atoms with E-state index >= 15 is 0 Å². The van der Waals surface area contributed by atoms with Gasteiger partial charge in [-0.25, -0.2) is 4.79 Å². The van der Waals surface area contributed by atoms with Gasteiger partial charge in [0.2, 0.25) is 0 Å². The second-order valence-electron chi connectivity index (χ2n) is 5.09. The summed E-state index contributed by atoms with van der Waals surface area (Å²) in [6.07, 6.45) is 0. The molecule has 2 aromatic carbocycles. The minimum Gasteiger partial charge on any atom is -0.492 e. The van der Waals surface area contributed by atoms with Gasteiger partial charge in [0.25, 0.3) is 0 Å². The molecule has 0 saturated heterocycles. The lowest BCUT2D eigenvalue weighted by Gasteiger charge is -2.13. The van der Waals surface area contributed by atoms with Crippen LogP contribution in [0.3, 0.4) is 0 Å². The average Bonchev–Trinajstić information content (AvgIpc) is 2.56. The maximum absolute atomic E-state index is 11.9. The maximum Gasteiger partial charge on any atom is 0.319 e. The number of amides is 2.